The van der Waals surface area contributed by atoms with E-state index in [2.05, 4.69) is 4.99 Å². The molecule has 0 fully saturated rings. The zero-order valence-corrected chi connectivity index (χ0v) is 10.3. The fourth-order valence-electron chi connectivity index (χ4n) is 1.44. The van der Waals surface area contributed by atoms with Gasteiger partial charge in [-0.25, -0.2) is 4.99 Å². The second-order valence-corrected chi connectivity index (χ2v) is 4.14. The standard InChI is InChI=1S/C11H11Cl2NO2/c1-2-15-11-14-10(6-16-11)7-3-4-8(12)9(13)5-7/h3-5,10H,2,6H2,1H3. The number of benzene rings is 1. The lowest BCUT2D eigenvalue weighted by molar-refractivity contribution is 0.193. The number of ether oxygens (including phenoxy) is 2. The molecule has 0 bridgehead atoms. The lowest BCUT2D eigenvalue weighted by Crippen LogP contribution is -2.03. The molecule has 1 atom stereocenters. The molecule has 0 spiro atoms. The van der Waals surface area contributed by atoms with E-state index in [4.69, 9.17) is 32.7 Å². The number of hydrogen-bond acceptors (Lipinski definition) is 3. The van der Waals surface area contributed by atoms with E-state index in [1.54, 1.807) is 12.1 Å². The molecule has 0 aromatic heterocycles. The van der Waals surface area contributed by atoms with Gasteiger partial charge in [0.25, 0.3) is 0 Å². The summed E-state index contributed by atoms with van der Waals surface area (Å²) in [6, 6.07) is 5.39. The van der Waals surface area contributed by atoms with Crippen LogP contribution in [0.5, 0.6) is 0 Å². The molecule has 0 radical (unpaired) electrons. The van der Waals surface area contributed by atoms with Crippen molar-refractivity contribution in [2.24, 2.45) is 4.99 Å². The summed E-state index contributed by atoms with van der Waals surface area (Å²) in [4.78, 5) is 4.29. The maximum absolute atomic E-state index is 5.94. The lowest BCUT2D eigenvalue weighted by Gasteiger charge is -2.05. The quantitative estimate of drug-likeness (QED) is 0.815. The maximum atomic E-state index is 5.94. The van der Waals surface area contributed by atoms with E-state index in [1.165, 1.54) is 0 Å². The van der Waals surface area contributed by atoms with E-state index < -0.39 is 0 Å². The normalized spacial score (nSPS) is 19.2. The van der Waals surface area contributed by atoms with E-state index in [0.29, 0.717) is 29.3 Å². The molecule has 0 N–H and O–H groups in total. The van der Waals surface area contributed by atoms with Crippen LogP contribution < -0.4 is 0 Å². The Hall–Kier alpha value is -0.930. The summed E-state index contributed by atoms with van der Waals surface area (Å²) in [5.41, 5.74) is 0.976. The first-order valence-electron chi connectivity index (χ1n) is 4.99. The third kappa shape index (κ3) is 2.42. The molecule has 0 amide bonds. The van der Waals surface area contributed by atoms with Crippen molar-refractivity contribution in [2.75, 3.05) is 13.2 Å². The van der Waals surface area contributed by atoms with Gasteiger partial charge in [-0.05, 0) is 24.6 Å². The second kappa shape index (κ2) is 4.93. The van der Waals surface area contributed by atoms with Crippen LogP contribution in [-0.4, -0.2) is 19.3 Å². The Morgan fingerprint density at radius 2 is 2.25 bits per heavy atom. The zero-order chi connectivity index (χ0) is 11.5. The van der Waals surface area contributed by atoms with Gasteiger partial charge in [0.05, 0.1) is 16.7 Å². The van der Waals surface area contributed by atoms with Crippen molar-refractivity contribution >= 4 is 29.3 Å². The zero-order valence-electron chi connectivity index (χ0n) is 8.74. The summed E-state index contributed by atoms with van der Waals surface area (Å²) in [7, 11) is 0. The van der Waals surface area contributed by atoms with E-state index in [9.17, 15) is 0 Å². The highest BCUT2D eigenvalue weighted by Crippen LogP contribution is 2.29. The van der Waals surface area contributed by atoms with Crippen molar-refractivity contribution in [1.29, 1.82) is 0 Å². The van der Waals surface area contributed by atoms with E-state index in [0.717, 1.165) is 5.56 Å². The molecule has 1 aromatic carbocycles. The minimum atomic E-state index is -0.0590. The van der Waals surface area contributed by atoms with E-state index in [1.807, 2.05) is 13.0 Å². The van der Waals surface area contributed by atoms with Gasteiger partial charge in [0.1, 0.15) is 12.6 Å². The molecule has 86 valence electrons. The van der Waals surface area contributed by atoms with Crippen LogP contribution in [0.25, 0.3) is 0 Å². The van der Waals surface area contributed by atoms with Crippen molar-refractivity contribution in [3.05, 3.63) is 33.8 Å². The summed E-state index contributed by atoms with van der Waals surface area (Å²) in [6.07, 6.45) is 0.346. The summed E-state index contributed by atoms with van der Waals surface area (Å²) in [5, 5.41) is 1.07. The van der Waals surface area contributed by atoms with Gasteiger partial charge in [-0.2, -0.15) is 0 Å². The summed E-state index contributed by atoms with van der Waals surface area (Å²) < 4.78 is 10.5. The van der Waals surface area contributed by atoms with Gasteiger partial charge in [0, 0.05) is 0 Å². The van der Waals surface area contributed by atoms with Gasteiger partial charge in [0.2, 0.25) is 0 Å². The first kappa shape index (κ1) is 11.6. The van der Waals surface area contributed by atoms with E-state index in [-0.39, 0.29) is 6.04 Å². The Morgan fingerprint density at radius 1 is 1.44 bits per heavy atom. The first-order chi connectivity index (χ1) is 7.70. The molecule has 1 aliphatic heterocycles. The summed E-state index contributed by atoms with van der Waals surface area (Å²) in [6.45, 7) is 2.92. The van der Waals surface area contributed by atoms with Crippen LogP contribution in [0.1, 0.15) is 18.5 Å². The van der Waals surface area contributed by atoms with Crippen LogP contribution in [0, 0.1) is 0 Å². The molecule has 3 nitrogen and oxygen atoms in total. The molecule has 1 aliphatic rings. The highest BCUT2D eigenvalue weighted by Gasteiger charge is 2.22. The summed E-state index contributed by atoms with van der Waals surface area (Å²) in [5.74, 6) is 0. The van der Waals surface area contributed by atoms with Crippen LogP contribution in [0.15, 0.2) is 23.2 Å². The minimum absolute atomic E-state index is 0.0590. The van der Waals surface area contributed by atoms with Crippen LogP contribution >= 0.6 is 23.2 Å². The highest BCUT2D eigenvalue weighted by molar-refractivity contribution is 6.42. The topological polar surface area (TPSA) is 30.8 Å². The molecule has 0 aliphatic carbocycles. The number of hydrogen-bond donors (Lipinski definition) is 0. The first-order valence-corrected chi connectivity index (χ1v) is 5.74. The van der Waals surface area contributed by atoms with Crippen LogP contribution in [-0.2, 0) is 9.47 Å². The van der Waals surface area contributed by atoms with Gasteiger partial charge < -0.3 is 9.47 Å². The van der Waals surface area contributed by atoms with Gasteiger partial charge >= 0.3 is 6.08 Å². The van der Waals surface area contributed by atoms with Crippen molar-refractivity contribution in [3.8, 4) is 0 Å². The predicted molar refractivity (Wildman–Crippen MR) is 64.2 cm³/mol. The molecule has 16 heavy (non-hydrogen) atoms. The average Bonchev–Trinajstić information content (AvgIpc) is 2.71. The Bertz CT molecular complexity index is 420. The van der Waals surface area contributed by atoms with Crippen LogP contribution in [0.3, 0.4) is 0 Å². The fourth-order valence-corrected chi connectivity index (χ4v) is 1.75. The third-order valence-corrected chi connectivity index (χ3v) is 2.96. The Labute approximate surface area is 104 Å². The van der Waals surface area contributed by atoms with Gasteiger partial charge in [-0.3, -0.25) is 0 Å². The number of nitrogens with zero attached hydrogens (tertiary/aromatic N) is 1. The highest BCUT2D eigenvalue weighted by atomic mass is 35.5. The van der Waals surface area contributed by atoms with Gasteiger partial charge in [0.15, 0.2) is 0 Å². The van der Waals surface area contributed by atoms with Gasteiger partial charge in [-0.1, -0.05) is 29.3 Å². The van der Waals surface area contributed by atoms with Crippen molar-refractivity contribution in [3.63, 3.8) is 0 Å². The van der Waals surface area contributed by atoms with Crippen LogP contribution in [0.4, 0.5) is 0 Å². The Kier molecular flexibility index (Phi) is 3.56. The van der Waals surface area contributed by atoms with Crippen LogP contribution in [0.2, 0.25) is 10.0 Å². The number of rotatable bonds is 2. The molecule has 5 heteroatoms. The van der Waals surface area contributed by atoms with E-state index >= 15 is 0 Å². The smallest absolute Gasteiger partial charge is 0.384 e. The molecular formula is C11H11Cl2NO2. The molecule has 1 aromatic rings. The van der Waals surface area contributed by atoms with Crippen molar-refractivity contribution < 1.29 is 9.47 Å². The number of aliphatic imine (C=N–C) groups is 1. The largest absolute Gasteiger partial charge is 0.451 e. The minimum Gasteiger partial charge on any atom is -0.451 e. The van der Waals surface area contributed by atoms with Gasteiger partial charge in [-0.15, -0.1) is 0 Å². The lowest BCUT2D eigenvalue weighted by atomic mass is 10.1. The Morgan fingerprint density at radius 3 is 2.94 bits per heavy atom. The predicted octanol–water partition coefficient (Wildman–Crippen LogP) is 3.46. The molecule has 2 rings (SSSR count). The molecule has 1 unspecified atom stereocenters. The molecule has 1 heterocycles. The van der Waals surface area contributed by atoms with Crippen molar-refractivity contribution in [2.45, 2.75) is 13.0 Å². The molecular weight excluding hydrogens is 249 g/mol. The van der Waals surface area contributed by atoms with Crippen molar-refractivity contribution in [1.82, 2.24) is 0 Å². The number of halogens is 2. The molecule has 0 saturated heterocycles. The Balaban J connectivity index is 2.16. The molecule has 0 saturated carbocycles. The monoisotopic (exact) mass is 259 g/mol. The second-order valence-electron chi connectivity index (χ2n) is 3.33. The average molecular weight is 260 g/mol. The fraction of sp³-hybridized carbons (Fsp3) is 0.364. The SMILES string of the molecule is CCOC1=NC(c2ccc(Cl)c(Cl)c2)CO1. The third-order valence-electron chi connectivity index (χ3n) is 2.22. The summed E-state index contributed by atoms with van der Waals surface area (Å²) >= 11 is 11.8. The maximum Gasteiger partial charge on any atom is 0.384 e.